The van der Waals surface area contributed by atoms with Crippen molar-refractivity contribution in [3.63, 3.8) is 0 Å². The second-order valence-electron chi connectivity index (χ2n) is 8.38. The number of carbonyl (C=O) groups excluding carboxylic acids is 1. The van der Waals surface area contributed by atoms with Crippen LogP contribution < -0.4 is 5.32 Å². The molecule has 0 atom stereocenters. The van der Waals surface area contributed by atoms with Crippen LogP contribution in [-0.4, -0.2) is 20.1 Å². The van der Waals surface area contributed by atoms with Crippen LogP contribution >= 0.6 is 23.2 Å². The highest BCUT2D eigenvalue weighted by molar-refractivity contribution is 7.91. The van der Waals surface area contributed by atoms with Gasteiger partial charge >= 0.3 is 0 Å². The molecule has 4 nitrogen and oxygen atoms in total. The molecule has 0 spiro atoms. The molecule has 0 fully saturated rings. The molecule has 3 aromatic carbocycles. The topological polar surface area (TPSA) is 63.2 Å². The minimum Gasteiger partial charge on any atom is -0.326 e. The monoisotopic (exact) mass is 503 g/mol. The van der Waals surface area contributed by atoms with E-state index in [0.717, 1.165) is 17.5 Å². The second kappa shape index (κ2) is 10.7. The van der Waals surface area contributed by atoms with Crippen LogP contribution in [0.25, 0.3) is 11.1 Å². The Morgan fingerprint density at radius 1 is 0.909 bits per heavy atom. The molecule has 3 aromatic rings. The van der Waals surface area contributed by atoms with E-state index in [-0.39, 0.29) is 23.0 Å². The highest BCUT2D eigenvalue weighted by Crippen LogP contribution is 2.37. The first-order valence-electron chi connectivity index (χ1n) is 10.8. The maximum Gasteiger partial charge on any atom is 0.228 e. The maximum atomic E-state index is 12.5. The van der Waals surface area contributed by atoms with E-state index in [1.54, 1.807) is 31.2 Å². The number of nitrogens with one attached hydrogen (secondary N) is 1. The van der Waals surface area contributed by atoms with Gasteiger partial charge in [-0.2, -0.15) is 0 Å². The SMILES string of the molecule is CCS(=O)(=O)c1ccc(CC(=O)Nc2cc(Cl)c(-c3ccc(CC(C)C)cc3)c(Cl)c2)cc1. The molecule has 0 aliphatic heterocycles. The summed E-state index contributed by atoms with van der Waals surface area (Å²) in [4.78, 5) is 12.8. The Labute approximate surface area is 205 Å². The van der Waals surface area contributed by atoms with E-state index in [1.807, 2.05) is 12.1 Å². The van der Waals surface area contributed by atoms with Crippen molar-refractivity contribution in [1.82, 2.24) is 0 Å². The van der Waals surface area contributed by atoms with Crippen molar-refractivity contribution < 1.29 is 13.2 Å². The van der Waals surface area contributed by atoms with Crippen LogP contribution in [0.1, 0.15) is 31.9 Å². The molecule has 0 aliphatic carbocycles. The van der Waals surface area contributed by atoms with Crippen molar-refractivity contribution in [1.29, 1.82) is 0 Å². The molecule has 0 bridgehead atoms. The quantitative estimate of drug-likeness (QED) is 0.366. The lowest BCUT2D eigenvalue weighted by Gasteiger charge is -2.13. The van der Waals surface area contributed by atoms with E-state index in [9.17, 15) is 13.2 Å². The molecule has 0 saturated carbocycles. The van der Waals surface area contributed by atoms with Crippen LogP contribution in [0, 0.1) is 5.92 Å². The number of rotatable bonds is 8. The average molecular weight is 504 g/mol. The van der Waals surface area contributed by atoms with Gasteiger partial charge in [-0.3, -0.25) is 4.79 Å². The summed E-state index contributed by atoms with van der Waals surface area (Å²) >= 11 is 13.0. The molecule has 0 saturated heterocycles. The molecule has 7 heteroatoms. The van der Waals surface area contributed by atoms with Crippen molar-refractivity contribution >= 4 is 44.6 Å². The van der Waals surface area contributed by atoms with Gasteiger partial charge in [-0.25, -0.2) is 8.42 Å². The normalized spacial score (nSPS) is 11.6. The van der Waals surface area contributed by atoms with Crippen LogP contribution in [0.4, 0.5) is 5.69 Å². The summed E-state index contributed by atoms with van der Waals surface area (Å²) in [6, 6.07) is 17.9. The molecular weight excluding hydrogens is 477 g/mol. The van der Waals surface area contributed by atoms with Gasteiger partial charge in [0.25, 0.3) is 0 Å². The number of anilines is 1. The van der Waals surface area contributed by atoms with E-state index >= 15 is 0 Å². The Hall–Kier alpha value is -2.34. The van der Waals surface area contributed by atoms with Gasteiger partial charge in [-0.15, -0.1) is 0 Å². The predicted octanol–water partition coefficient (Wildman–Crippen LogP) is 6.83. The molecule has 33 heavy (non-hydrogen) atoms. The summed E-state index contributed by atoms with van der Waals surface area (Å²) in [5.41, 5.74) is 4.10. The van der Waals surface area contributed by atoms with Crippen molar-refractivity contribution in [2.24, 2.45) is 5.92 Å². The number of hydrogen-bond donors (Lipinski definition) is 1. The first-order valence-corrected chi connectivity index (χ1v) is 13.2. The number of benzene rings is 3. The average Bonchev–Trinajstić information content (AvgIpc) is 2.74. The highest BCUT2D eigenvalue weighted by atomic mass is 35.5. The van der Waals surface area contributed by atoms with Crippen molar-refractivity contribution in [3.05, 3.63) is 81.8 Å². The third-order valence-corrected chi connectivity index (χ3v) is 7.59. The molecule has 0 aliphatic rings. The zero-order valence-electron chi connectivity index (χ0n) is 18.9. The highest BCUT2D eigenvalue weighted by Gasteiger charge is 2.14. The fraction of sp³-hybridized carbons (Fsp3) is 0.269. The van der Waals surface area contributed by atoms with Crippen LogP contribution in [0.3, 0.4) is 0 Å². The van der Waals surface area contributed by atoms with E-state index in [2.05, 4.69) is 31.3 Å². The Kier molecular flexibility index (Phi) is 8.22. The smallest absolute Gasteiger partial charge is 0.228 e. The zero-order valence-corrected chi connectivity index (χ0v) is 21.2. The standard InChI is InChI=1S/C26H27Cl2NO3S/c1-4-33(31,32)22-11-7-19(8-12-22)14-25(30)29-21-15-23(27)26(24(28)16-21)20-9-5-18(6-10-20)13-17(2)3/h5-12,15-17H,4,13-14H2,1-3H3,(H,29,30). The number of hydrogen-bond acceptors (Lipinski definition) is 3. The van der Waals surface area contributed by atoms with E-state index in [4.69, 9.17) is 23.2 Å². The Balaban J connectivity index is 1.71. The fourth-order valence-corrected chi connectivity index (χ4v) is 5.16. The van der Waals surface area contributed by atoms with Gasteiger partial charge in [0.15, 0.2) is 9.84 Å². The lowest BCUT2D eigenvalue weighted by Crippen LogP contribution is -2.14. The molecular formula is C26H27Cl2NO3S. The van der Waals surface area contributed by atoms with E-state index in [1.165, 1.54) is 17.7 Å². The van der Waals surface area contributed by atoms with Gasteiger partial charge < -0.3 is 5.32 Å². The Morgan fingerprint density at radius 2 is 1.45 bits per heavy atom. The van der Waals surface area contributed by atoms with E-state index in [0.29, 0.717) is 27.2 Å². The van der Waals surface area contributed by atoms with Crippen LogP contribution in [0.15, 0.2) is 65.6 Å². The predicted molar refractivity (Wildman–Crippen MR) is 137 cm³/mol. The van der Waals surface area contributed by atoms with Crippen molar-refractivity contribution in [3.8, 4) is 11.1 Å². The number of halogens is 2. The first-order chi connectivity index (χ1) is 15.6. The summed E-state index contributed by atoms with van der Waals surface area (Å²) in [5.74, 6) is 0.360. The lowest BCUT2D eigenvalue weighted by molar-refractivity contribution is -0.115. The number of sulfone groups is 1. The van der Waals surface area contributed by atoms with Gasteiger partial charge in [-0.05, 0) is 53.3 Å². The molecule has 0 unspecified atom stereocenters. The molecule has 174 valence electrons. The molecule has 0 aromatic heterocycles. The van der Waals surface area contributed by atoms with Gasteiger partial charge in [0.05, 0.1) is 27.1 Å². The Bertz CT molecular complexity index is 1210. The molecule has 1 amide bonds. The van der Waals surface area contributed by atoms with E-state index < -0.39 is 9.84 Å². The molecule has 1 N–H and O–H groups in total. The van der Waals surface area contributed by atoms with Gasteiger partial charge in [0.2, 0.25) is 5.91 Å². The third-order valence-electron chi connectivity index (χ3n) is 5.24. The zero-order chi connectivity index (χ0) is 24.2. The summed E-state index contributed by atoms with van der Waals surface area (Å²) in [7, 11) is -3.27. The summed E-state index contributed by atoms with van der Waals surface area (Å²) in [6.45, 7) is 5.96. The van der Waals surface area contributed by atoms with Gasteiger partial charge in [-0.1, -0.05) is 80.4 Å². The molecule has 0 heterocycles. The lowest BCUT2D eigenvalue weighted by atomic mass is 9.99. The first kappa shape index (κ1) is 25.3. The second-order valence-corrected chi connectivity index (χ2v) is 11.5. The largest absolute Gasteiger partial charge is 0.326 e. The minimum atomic E-state index is -3.27. The third kappa shape index (κ3) is 6.59. The maximum absolute atomic E-state index is 12.5. The summed E-state index contributed by atoms with van der Waals surface area (Å²) in [5, 5.41) is 3.71. The van der Waals surface area contributed by atoms with Gasteiger partial charge in [0, 0.05) is 11.3 Å². The molecule has 3 rings (SSSR count). The minimum absolute atomic E-state index is 0.0342. The summed E-state index contributed by atoms with van der Waals surface area (Å²) in [6.07, 6.45) is 1.10. The summed E-state index contributed by atoms with van der Waals surface area (Å²) < 4.78 is 23.8. The van der Waals surface area contributed by atoms with Crippen LogP contribution in [0.2, 0.25) is 10.0 Å². The van der Waals surface area contributed by atoms with Crippen LogP contribution in [0.5, 0.6) is 0 Å². The van der Waals surface area contributed by atoms with Crippen molar-refractivity contribution in [2.45, 2.75) is 38.5 Å². The number of amides is 1. The Morgan fingerprint density at radius 3 is 1.97 bits per heavy atom. The molecule has 0 radical (unpaired) electrons. The van der Waals surface area contributed by atoms with Gasteiger partial charge in [0.1, 0.15) is 0 Å². The van der Waals surface area contributed by atoms with Crippen LogP contribution in [-0.2, 0) is 27.5 Å². The van der Waals surface area contributed by atoms with Crippen molar-refractivity contribution in [2.75, 3.05) is 11.1 Å². The fourth-order valence-electron chi connectivity index (χ4n) is 3.57. The number of carbonyl (C=O) groups is 1.